The summed E-state index contributed by atoms with van der Waals surface area (Å²) >= 11 is 0. The number of hydrogen-bond donors (Lipinski definition) is 1. The summed E-state index contributed by atoms with van der Waals surface area (Å²) in [5, 5.41) is 3.72. The van der Waals surface area contributed by atoms with Gasteiger partial charge in [-0.05, 0) is 38.8 Å². The molecule has 1 atom stereocenters. The summed E-state index contributed by atoms with van der Waals surface area (Å²) < 4.78 is 6.01. The lowest BCUT2D eigenvalue weighted by atomic mass is 9.88. The maximum absolute atomic E-state index is 6.01. The molecule has 114 valence electrons. The zero-order valence-electron chi connectivity index (χ0n) is 13.8. The SMILES string of the molecule is CCCNC(c1ccccc1OC(C)C)C(CC)CC. The molecule has 0 bridgehead atoms. The largest absolute Gasteiger partial charge is 0.491 e. The Balaban J connectivity index is 3.05. The van der Waals surface area contributed by atoms with E-state index in [4.69, 9.17) is 4.74 Å². The zero-order chi connectivity index (χ0) is 15.0. The van der Waals surface area contributed by atoms with Crippen LogP contribution < -0.4 is 10.1 Å². The minimum absolute atomic E-state index is 0.213. The Labute approximate surface area is 124 Å². The Morgan fingerprint density at radius 1 is 1.05 bits per heavy atom. The van der Waals surface area contributed by atoms with Gasteiger partial charge in [0.05, 0.1) is 6.10 Å². The lowest BCUT2D eigenvalue weighted by Crippen LogP contribution is -2.29. The predicted molar refractivity (Wildman–Crippen MR) is 87.3 cm³/mol. The van der Waals surface area contributed by atoms with E-state index in [1.54, 1.807) is 0 Å². The summed E-state index contributed by atoms with van der Waals surface area (Å²) in [5.41, 5.74) is 1.31. The number of rotatable bonds is 9. The second-order valence-electron chi connectivity index (χ2n) is 5.71. The molecular weight excluding hydrogens is 246 g/mol. The maximum atomic E-state index is 6.01. The van der Waals surface area contributed by atoms with Gasteiger partial charge in [0.25, 0.3) is 0 Å². The van der Waals surface area contributed by atoms with Gasteiger partial charge in [-0.1, -0.05) is 51.8 Å². The van der Waals surface area contributed by atoms with E-state index in [9.17, 15) is 0 Å². The van der Waals surface area contributed by atoms with Crippen LogP contribution in [-0.4, -0.2) is 12.6 Å². The Hall–Kier alpha value is -1.02. The lowest BCUT2D eigenvalue weighted by Gasteiger charge is -2.29. The minimum atomic E-state index is 0.213. The second-order valence-corrected chi connectivity index (χ2v) is 5.71. The van der Waals surface area contributed by atoms with Gasteiger partial charge in [-0.2, -0.15) is 0 Å². The molecule has 20 heavy (non-hydrogen) atoms. The van der Waals surface area contributed by atoms with Crippen molar-refractivity contribution < 1.29 is 4.74 Å². The fraction of sp³-hybridized carbons (Fsp3) is 0.667. The van der Waals surface area contributed by atoms with Gasteiger partial charge in [0.2, 0.25) is 0 Å². The van der Waals surface area contributed by atoms with E-state index < -0.39 is 0 Å². The first kappa shape index (κ1) is 17.0. The van der Waals surface area contributed by atoms with Crippen molar-refractivity contribution in [2.75, 3.05) is 6.54 Å². The molecule has 0 aliphatic carbocycles. The van der Waals surface area contributed by atoms with Crippen molar-refractivity contribution in [2.24, 2.45) is 5.92 Å². The smallest absolute Gasteiger partial charge is 0.124 e. The van der Waals surface area contributed by atoms with Crippen molar-refractivity contribution in [3.05, 3.63) is 29.8 Å². The summed E-state index contributed by atoms with van der Waals surface area (Å²) in [4.78, 5) is 0. The van der Waals surface area contributed by atoms with Crippen molar-refractivity contribution in [1.82, 2.24) is 5.32 Å². The molecule has 1 N–H and O–H groups in total. The van der Waals surface area contributed by atoms with Crippen LogP contribution in [0.15, 0.2) is 24.3 Å². The van der Waals surface area contributed by atoms with Crippen molar-refractivity contribution in [1.29, 1.82) is 0 Å². The third-order valence-electron chi connectivity index (χ3n) is 3.75. The summed E-state index contributed by atoms with van der Waals surface area (Å²) in [6.07, 6.45) is 3.75. The van der Waals surface area contributed by atoms with Crippen LogP contribution in [0.3, 0.4) is 0 Å². The summed E-state index contributed by atoms with van der Waals surface area (Å²) in [7, 11) is 0. The fourth-order valence-electron chi connectivity index (χ4n) is 2.69. The van der Waals surface area contributed by atoms with Crippen molar-refractivity contribution in [3.63, 3.8) is 0 Å². The van der Waals surface area contributed by atoms with Crippen LogP contribution in [0.5, 0.6) is 5.75 Å². The third-order valence-corrected chi connectivity index (χ3v) is 3.75. The van der Waals surface area contributed by atoms with Gasteiger partial charge in [0.15, 0.2) is 0 Å². The quantitative estimate of drug-likeness (QED) is 0.689. The summed E-state index contributed by atoms with van der Waals surface area (Å²) in [6.45, 7) is 12.0. The van der Waals surface area contributed by atoms with Gasteiger partial charge in [-0.3, -0.25) is 0 Å². The summed E-state index contributed by atoms with van der Waals surface area (Å²) in [6, 6.07) is 8.87. The van der Waals surface area contributed by atoms with E-state index in [0.29, 0.717) is 12.0 Å². The highest BCUT2D eigenvalue weighted by atomic mass is 16.5. The van der Waals surface area contributed by atoms with Crippen molar-refractivity contribution in [3.8, 4) is 5.75 Å². The molecule has 0 heterocycles. The van der Waals surface area contributed by atoms with Crippen LogP contribution in [0.2, 0.25) is 0 Å². The van der Waals surface area contributed by atoms with Crippen molar-refractivity contribution in [2.45, 2.75) is 66.0 Å². The molecule has 0 aromatic heterocycles. The molecule has 0 saturated carbocycles. The van der Waals surface area contributed by atoms with Crippen LogP contribution >= 0.6 is 0 Å². The normalized spacial score (nSPS) is 12.9. The second kappa shape index (κ2) is 9.02. The van der Waals surface area contributed by atoms with E-state index in [0.717, 1.165) is 18.7 Å². The van der Waals surface area contributed by atoms with E-state index in [1.165, 1.54) is 18.4 Å². The van der Waals surface area contributed by atoms with E-state index in [-0.39, 0.29) is 6.10 Å². The monoisotopic (exact) mass is 277 g/mol. The zero-order valence-corrected chi connectivity index (χ0v) is 13.8. The van der Waals surface area contributed by atoms with Crippen molar-refractivity contribution >= 4 is 0 Å². The van der Waals surface area contributed by atoms with Crippen LogP contribution in [0.25, 0.3) is 0 Å². The molecule has 1 unspecified atom stereocenters. The standard InChI is InChI=1S/C18H31NO/c1-6-13-19-18(15(7-2)8-3)16-11-9-10-12-17(16)20-14(4)5/h9-12,14-15,18-19H,6-8,13H2,1-5H3. The third kappa shape index (κ3) is 4.82. The van der Waals surface area contributed by atoms with Crippen LogP contribution in [0.4, 0.5) is 0 Å². The number of ether oxygens (including phenoxy) is 1. The first-order chi connectivity index (χ1) is 9.63. The Bertz CT molecular complexity index is 371. The topological polar surface area (TPSA) is 21.3 Å². The average Bonchev–Trinajstić information content (AvgIpc) is 2.44. The first-order valence-corrected chi connectivity index (χ1v) is 8.12. The average molecular weight is 277 g/mol. The number of hydrogen-bond acceptors (Lipinski definition) is 2. The van der Waals surface area contributed by atoms with Gasteiger partial charge in [-0.25, -0.2) is 0 Å². The lowest BCUT2D eigenvalue weighted by molar-refractivity contribution is 0.232. The fourth-order valence-corrected chi connectivity index (χ4v) is 2.69. The molecule has 0 saturated heterocycles. The summed E-state index contributed by atoms with van der Waals surface area (Å²) in [5.74, 6) is 1.68. The number of para-hydroxylation sites is 1. The van der Waals surface area contributed by atoms with Crippen LogP contribution in [0, 0.1) is 5.92 Å². The first-order valence-electron chi connectivity index (χ1n) is 8.12. The van der Waals surface area contributed by atoms with Gasteiger partial charge in [0, 0.05) is 11.6 Å². The van der Waals surface area contributed by atoms with Gasteiger partial charge >= 0.3 is 0 Å². The van der Waals surface area contributed by atoms with Crippen LogP contribution in [-0.2, 0) is 0 Å². The van der Waals surface area contributed by atoms with E-state index in [1.807, 2.05) is 0 Å². The highest BCUT2D eigenvalue weighted by molar-refractivity contribution is 5.36. The highest BCUT2D eigenvalue weighted by Gasteiger charge is 2.23. The Kier molecular flexibility index (Phi) is 7.68. The molecule has 0 aliphatic rings. The molecule has 0 spiro atoms. The minimum Gasteiger partial charge on any atom is -0.491 e. The molecule has 0 fully saturated rings. The molecule has 2 heteroatoms. The molecule has 1 aromatic carbocycles. The maximum Gasteiger partial charge on any atom is 0.124 e. The Morgan fingerprint density at radius 3 is 2.25 bits per heavy atom. The molecule has 1 rings (SSSR count). The molecule has 1 aromatic rings. The molecule has 0 amide bonds. The predicted octanol–water partition coefficient (Wildman–Crippen LogP) is 4.95. The molecule has 0 aliphatic heterocycles. The number of benzene rings is 1. The van der Waals surface area contributed by atoms with Crippen LogP contribution in [0.1, 0.15) is 65.5 Å². The van der Waals surface area contributed by atoms with Gasteiger partial charge in [0.1, 0.15) is 5.75 Å². The highest BCUT2D eigenvalue weighted by Crippen LogP contribution is 2.33. The van der Waals surface area contributed by atoms with Gasteiger partial charge in [-0.15, -0.1) is 0 Å². The number of nitrogens with one attached hydrogen (secondary N) is 1. The molecule has 2 nitrogen and oxygen atoms in total. The Morgan fingerprint density at radius 2 is 1.70 bits per heavy atom. The van der Waals surface area contributed by atoms with Gasteiger partial charge < -0.3 is 10.1 Å². The van der Waals surface area contributed by atoms with E-state index in [2.05, 4.69) is 64.2 Å². The molecule has 0 radical (unpaired) electrons. The van der Waals surface area contributed by atoms with E-state index >= 15 is 0 Å². The molecular formula is C18H31NO.